The number of nitrogens with one attached hydrogen (secondary N) is 1. The third kappa shape index (κ3) is 4.20. The number of ether oxygens (including phenoxy) is 1. The fraction of sp³-hybridized carbons (Fsp3) is 0.333. The number of alkyl halides is 2. The fourth-order valence-electron chi connectivity index (χ4n) is 1.38. The molecule has 4 nitrogen and oxygen atoms in total. The van der Waals surface area contributed by atoms with E-state index in [1.165, 1.54) is 0 Å². The van der Waals surface area contributed by atoms with Gasteiger partial charge in [-0.3, -0.25) is 4.79 Å². The van der Waals surface area contributed by atoms with Crippen molar-refractivity contribution in [1.82, 2.24) is 5.32 Å². The van der Waals surface area contributed by atoms with E-state index >= 15 is 0 Å². The molecule has 0 aliphatic rings. The van der Waals surface area contributed by atoms with Gasteiger partial charge in [-0.2, -0.15) is 0 Å². The summed E-state index contributed by atoms with van der Waals surface area (Å²) >= 11 is 11.1. The molecule has 6 heteroatoms. The van der Waals surface area contributed by atoms with Gasteiger partial charge in [-0.1, -0.05) is 53.5 Å². The molecule has 18 heavy (non-hydrogen) atoms. The second kappa shape index (κ2) is 7.24. The first-order chi connectivity index (χ1) is 8.56. The van der Waals surface area contributed by atoms with Crippen LogP contribution < -0.4 is 5.32 Å². The summed E-state index contributed by atoms with van der Waals surface area (Å²) in [6.07, 6.45) is -0.686. The maximum Gasteiger partial charge on any atom is 0.407 e. The first-order valence-electron chi connectivity index (χ1n) is 5.36. The second-order valence-corrected chi connectivity index (χ2v) is 4.51. The van der Waals surface area contributed by atoms with Crippen molar-refractivity contribution in [2.24, 2.45) is 0 Å². The Hall–Kier alpha value is -1.26. The normalized spacial score (nSPS) is 12.0. The number of amides is 1. The predicted octanol–water partition coefficient (Wildman–Crippen LogP) is 2.85. The van der Waals surface area contributed by atoms with E-state index in [0.29, 0.717) is 5.56 Å². The monoisotopic (exact) mass is 289 g/mol. The van der Waals surface area contributed by atoms with Crippen LogP contribution in [0, 0.1) is 0 Å². The van der Waals surface area contributed by atoms with Gasteiger partial charge in [0.2, 0.25) is 0 Å². The van der Waals surface area contributed by atoms with E-state index in [0.717, 1.165) is 0 Å². The van der Waals surface area contributed by atoms with Crippen molar-refractivity contribution in [1.29, 1.82) is 0 Å². The highest BCUT2D eigenvalue weighted by molar-refractivity contribution is 6.54. The maximum atomic E-state index is 11.8. The molecule has 0 aromatic heterocycles. The molecule has 1 N–H and O–H groups in total. The van der Waals surface area contributed by atoms with E-state index in [1.54, 1.807) is 37.3 Å². The lowest BCUT2D eigenvalue weighted by molar-refractivity contribution is -0.119. The Morgan fingerprint density at radius 3 is 2.39 bits per heavy atom. The van der Waals surface area contributed by atoms with E-state index < -0.39 is 22.8 Å². The first kappa shape index (κ1) is 14.8. The standard InChI is InChI=1S/C12H13Cl2NO3/c1-2-18-12(17)15-9(10(16)11(13)14)8-6-4-3-5-7-8/h3-7,9,11H,2H2,1H3,(H,15,17). The molecule has 1 unspecified atom stereocenters. The van der Waals surface area contributed by atoms with Crippen molar-refractivity contribution >= 4 is 35.1 Å². The zero-order valence-electron chi connectivity index (χ0n) is 9.73. The third-order valence-corrected chi connectivity index (χ3v) is 2.60. The Morgan fingerprint density at radius 2 is 1.89 bits per heavy atom. The van der Waals surface area contributed by atoms with Crippen molar-refractivity contribution < 1.29 is 14.3 Å². The van der Waals surface area contributed by atoms with Gasteiger partial charge < -0.3 is 10.1 Å². The Morgan fingerprint density at radius 1 is 1.28 bits per heavy atom. The molecule has 1 rings (SSSR count). The molecule has 0 heterocycles. The minimum atomic E-state index is -1.21. The molecule has 0 saturated heterocycles. The summed E-state index contributed by atoms with van der Waals surface area (Å²) in [6.45, 7) is 1.89. The average Bonchev–Trinajstić information content (AvgIpc) is 2.36. The number of hydrogen-bond acceptors (Lipinski definition) is 3. The smallest absolute Gasteiger partial charge is 0.407 e. The van der Waals surface area contributed by atoms with Crippen LogP contribution in [0.2, 0.25) is 0 Å². The molecule has 0 saturated carbocycles. The summed E-state index contributed by atoms with van der Waals surface area (Å²) in [5.41, 5.74) is 0.599. The van der Waals surface area contributed by atoms with Crippen LogP contribution in [0.5, 0.6) is 0 Å². The highest BCUT2D eigenvalue weighted by Crippen LogP contribution is 2.19. The number of carbonyl (C=O) groups excluding carboxylic acids is 2. The van der Waals surface area contributed by atoms with Crippen LogP contribution in [0.4, 0.5) is 4.79 Å². The zero-order valence-corrected chi connectivity index (χ0v) is 11.2. The van der Waals surface area contributed by atoms with Crippen molar-refractivity contribution in [2.45, 2.75) is 17.8 Å². The highest BCUT2D eigenvalue weighted by Gasteiger charge is 2.27. The summed E-state index contributed by atoms with van der Waals surface area (Å²) in [7, 11) is 0. The molecule has 0 bridgehead atoms. The van der Waals surface area contributed by atoms with Gasteiger partial charge in [-0.15, -0.1) is 0 Å². The molecule has 0 spiro atoms. The summed E-state index contributed by atoms with van der Waals surface area (Å²) in [4.78, 5) is 22.0. The van der Waals surface area contributed by atoms with Gasteiger partial charge in [0.25, 0.3) is 0 Å². The van der Waals surface area contributed by atoms with Gasteiger partial charge in [-0.05, 0) is 12.5 Å². The zero-order chi connectivity index (χ0) is 13.5. The van der Waals surface area contributed by atoms with Crippen LogP contribution in [0.25, 0.3) is 0 Å². The Balaban J connectivity index is 2.89. The molecule has 0 aliphatic heterocycles. The van der Waals surface area contributed by atoms with Crippen molar-refractivity contribution in [3.8, 4) is 0 Å². The van der Waals surface area contributed by atoms with Crippen LogP contribution >= 0.6 is 23.2 Å². The third-order valence-electron chi connectivity index (χ3n) is 2.17. The lowest BCUT2D eigenvalue weighted by atomic mass is 10.0. The van der Waals surface area contributed by atoms with Crippen LogP contribution in [-0.4, -0.2) is 23.3 Å². The number of benzene rings is 1. The van der Waals surface area contributed by atoms with Gasteiger partial charge >= 0.3 is 6.09 Å². The fourth-order valence-corrected chi connectivity index (χ4v) is 1.63. The number of halogens is 2. The highest BCUT2D eigenvalue weighted by atomic mass is 35.5. The topological polar surface area (TPSA) is 55.4 Å². The number of alkyl carbamates (subject to hydrolysis) is 1. The van der Waals surface area contributed by atoms with E-state index in [-0.39, 0.29) is 6.61 Å². The lowest BCUT2D eigenvalue weighted by Crippen LogP contribution is -2.36. The minimum Gasteiger partial charge on any atom is -0.450 e. The molecule has 0 aliphatic carbocycles. The molecule has 1 amide bonds. The molecule has 0 fully saturated rings. The molecule has 1 aromatic carbocycles. The van der Waals surface area contributed by atoms with E-state index in [4.69, 9.17) is 27.9 Å². The second-order valence-electron chi connectivity index (χ2n) is 3.41. The van der Waals surface area contributed by atoms with Crippen molar-refractivity contribution in [3.63, 3.8) is 0 Å². The van der Waals surface area contributed by atoms with Crippen LogP contribution in [0.1, 0.15) is 18.5 Å². The maximum absolute atomic E-state index is 11.8. The van der Waals surface area contributed by atoms with Crippen molar-refractivity contribution in [2.75, 3.05) is 6.61 Å². The molecule has 98 valence electrons. The Kier molecular flexibility index (Phi) is 5.95. The number of ketones is 1. The minimum absolute atomic E-state index is 0.215. The number of Topliss-reactive ketones (excluding diaryl/α,β-unsaturated/α-hetero) is 1. The van der Waals surface area contributed by atoms with E-state index in [1.807, 2.05) is 0 Å². The molecular weight excluding hydrogens is 277 g/mol. The molecule has 0 radical (unpaired) electrons. The quantitative estimate of drug-likeness (QED) is 0.848. The first-order valence-corrected chi connectivity index (χ1v) is 6.23. The molecule has 1 atom stereocenters. The number of carbonyl (C=O) groups is 2. The number of rotatable bonds is 5. The Labute approximate surface area is 115 Å². The van der Waals surface area contributed by atoms with Gasteiger partial charge in [0, 0.05) is 0 Å². The lowest BCUT2D eigenvalue weighted by Gasteiger charge is -2.18. The largest absolute Gasteiger partial charge is 0.450 e. The van der Waals surface area contributed by atoms with Gasteiger partial charge in [0.15, 0.2) is 10.6 Å². The Bertz CT molecular complexity index is 409. The molecular formula is C12H13Cl2NO3. The van der Waals surface area contributed by atoms with Crippen LogP contribution in [-0.2, 0) is 9.53 Å². The van der Waals surface area contributed by atoms with E-state index in [9.17, 15) is 9.59 Å². The molecule has 1 aromatic rings. The van der Waals surface area contributed by atoms with E-state index in [2.05, 4.69) is 5.32 Å². The predicted molar refractivity (Wildman–Crippen MR) is 69.8 cm³/mol. The summed E-state index contributed by atoms with van der Waals surface area (Å²) in [5, 5.41) is 2.44. The SMILES string of the molecule is CCOC(=O)NC(C(=O)C(Cl)Cl)c1ccccc1. The average molecular weight is 290 g/mol. The van der Waals surface area contributed by atoms with Crippen molar-refractivity contribution in [3.05, 3.63) is 35.9 Å². The van der Waals surface area contributed by atoms with Crippen LogP contribution in [0.3, 0.4) is 0 Å². The van der Waals surface area contributed by atoms with Crippen LogP contribution in [0.15, 0.2) is 30.3 Å². The summed E-state index contributed by atoms with van der Waals surface area (Å²) in [6, 6.07) is 7.79. The van der Waals surface area contributed by atoms with Gasteiger partial charge in [0.1, 0.15) is 6.04 Å². The van der Waals surface area contributed by atoms with Gasteiger partial charge in [0.05, 0.1) is 6.61 Å². The van der Waals surface area contributed by atoms with Gasteiger partial charge in [-0.25, -0.2) is 4.79 Å². The summed E-state index contributed by atoms with van der Waals surface area (Å²) < 4.78 is 4.74. The number of hydrogen-bond donors (Lipinski definition) is 1. The summed E-state index contributed by atoms with van der Waals surface area (Å²) in [5.74, 6) is -0.502.